The van der Waals surface area contributed by atoms with Gasteiger partial charge in [0.1, 0.15) is 6.29 Å². The van der Waals surface area contributed by atoms with Gasteiger partial charge in [0.05, 0.1) is 4.99 Å². The van der Waals surface area contributed by atoms with E-state index in [1.807, 2.05) is 25.9 Å². The summed E-state index contributed by atoms with van der Waals surface area (Å²) in [5.41, 5.74) is 0. The van der Waals surface area contributed by atoms with Crippen molar-refractivity contribution in [2.24, 2.45) is 5.92 Å². The fraction of sp³-hybridized carbons (Fsp3) is 0.714. The molecule has 0 bridgehead atoms. The molecule has 1 unspecified atom stereocenters. The number of carbonyl (C=O) groups is 1. The highest BCUT2D eigenvalue weighted by molar-refractivity contribution is 7.80. The zero-order valence-corrected chi connectivity index (χ0v) is 7.44. The number of nitrogens with zero attached hydrogens (tertiary/aromatic N) is 1. The molecule has 0 rings (SSSR count). The Bertz CT molecular complexity index is 134. The van der Waals surface area contributed by atoms with Crippen molar-refractivity contribution in [2.45, 2.75) is 13.3 Å². The normalized spacial score (nSPS) is 12.3. The number of rotatable bonds is 3. The summed E-state index contributed by atoms with van der Waals surface area (Å²) in [6.07, 6.45) is 1.43. The summed E-state index contributed by atoms with van der Waals surface area (Å²) in [6, 6.07) is 0. The quantitative estimate of drug-likeness (QED) is 0.454. The molecule has 2 nitrogen and oxygen atoms in total. The predicted molar refractivity (Wildman–Crippen MR) is 46.1 cm³/mol. The average Bonchev–Trinajstić information content (AvgIpc) is 1.87. The second kappa shape index (κ2) is 4.39. The van der Waals surface area contributed by atoms with Crippen LogP contribution in [0.2, 0.25) is 0 Å². The van der Waals surface area contributed by atoms with E-state index >= 15 is 0 Å². The van der Waals surface area contributed by atoms with Crippen molar-refractivity contribution in [2.75, 3.05) is 14.1 Å². The maximum atomic E-state index is 10.1. The maximum Gasteiger partial charge on any atom is 0.120 e. The van der Waals surface area contributed by atoms with E-state index in [-0.39, 0.29) is 5.92 Å². The second-order valence-electron chi connectivity index (χ2n) is 2.54. The molecule has 10 heavy (non-hydrogen) atoms. The summed E-state index contributed by atoms with van der Waals surface area (Å²) in [7, 11) is 3.78. The third kappa shape index (κ3) is 2.92. The van der Waals surface area contributed by atoms with Crippen molar-refractivity contribution < 1.29 is 4.79 Å². The Balaban J connectivity index is 3.81. The highest BCUT2D eigenvalue weighted by atomic mass is 32.1. The minimum atomic E-state index is 0.197. The van der Waals surface area contributed by atoms with Crippen molar-refractivity contribution in [1.29, 1.82) is 0 Å². The molecule has 0 aromatic carbocycles. The van der Waals surface area contributed by atoms with Gasteiger partial charge in [-0.3, -0.25) is 0 Å². The minimum absolute atomic E-state index is 0.197. The summed E-state index contributed by atoms with van der Waals surface area (Å²) in [5, 5.41) is 0. The van der Waals surface area contributed by atoms with Gasteiger partial charge in [0.25, 0.3) is 0 Å². The van der Waals surface area contributed by atoms with Crippen LogP contribution in [0.25, 0.3) is 0 Å². The lowest BCUT2D eigenvalue weighted by atomic mass is 10.1. The number of hydrogen-bond acceptors (Lipinski definition) is 2. The molecule has 0 aromatic rings. The Hall–Kier alpha value is -0.440. The van der Waals surface area contributed by atoms with E-state index in [1.54, 1.807) is 0 Å². The predicted octanol–water partition coefficient (Wildman–Crippen LogP) is 1.10. The molecule has 3 heteroatoms. The fourth-order valence-corrected chi connectivity index (χ4v) is 0.782. The SMILES string of the molecule is CC(CC=O)C(=S)N(C)C. The van der Waals surface area contributed by atoms with Crippen molar-refractivity contribution in [1.82, 2.24) is 4.90 Å². The summed E-state index contributed by atoms with van der Waals surface area (Å²) < 4.78 is 0. The van der Waals surface area contributed by atoms with Crippen LogP contribution in [-0.4, -0.2) is 30.3 Å². The lowest BCUT2D eigenvalue weighted by Gasteiger charge is -2.17. The lowest BCUT2D eigenvalue weighted by molar-refractivity contribution is -0.108. The molecule has 0 N–H and O–H groups in total. The Labute approximate surface area is 67.2 Å². The van der Waals surface area contributed by atoms with Crippen LogP contribution in [0.15, 0.2) is 0 Å². The molecule has 0 aromatic heterocycles. The molecule has 0 aliphatic rings. The molecule has 0 saturated carbocycles. The van der Waals surface area contributed by atoms with E-state index in [9.17, 15) is 4.79 Å². The van der Waals surface area contributed by atoms with Crippen molar-refractivity contribution in [3.8, 4) is 0 Å². The van der Waals surface area contributed by atoms with Gasteiger partial charge in [-0.15, -0.1) is 0 Å². The van der Waals surface area contributed by atoms with E-state index in [1.165, 1.54) is 0 Å². The lowest BCUT2D eigenvalue weighted by Crippen LogP contribution is -2.26. The van der Waals surface area contributed by atoms with Crippen LogP contribution in [0.4, 0.5) is 0 Å². The van der Waals surface area contributed by atoms with Crippen LogP contribution in [-0.2, 0) is 4.79 Å². The smallest absolute Gasteiger partial charge is 0.120 e. The van der Waals surface area contributed by atoms with Gasteiger partial charge in [0.2, 0.25) is 0 Å². The van der Waals surface area contributed by atoms with Gasteiger partial charge in [0, 0.05) is 26.4 Å². The second-order valence-corrected chi connectivity index (χ2v) is 2.95. The zero-order valence-electron chi connectivity index (χ0n) is 6.63. The third-order valence-electron chi connectivity index (χ3n) is 1.31. The molecule has 0 amide bonds. The number of carbonyl (C=O) groups excluding carboxylic acids is 1. The molecular weight excluding hydrogens is 146 g/mol. The third-order valence-corrected chi connectivity index (χ3v) is 2.08. The molecule has 0 spiro atoms. The molecule has 0 heterocycles. The standard InChI is InChI=1S/C7H13NOS/c1-6(4-5-9)7(10)8(2)3/h5-6H,4H2,1-3H3. The van der Waals surface area contributed by atoms with E-state index in [2.05, 4.69) is 0 Å². The van der Waals surface area contributed by atoms with E-state index in [0.29, 0.717) is 6.42 Å². The largest absolute Gasteiger partial charge is 0.372 e. The van der Waals surface area contributed by atoms with Gasteiger partial charge in [-0.1, -0.05) is 19.1 Å². The summed E-state index contributed by atoms with van der Waals surface area (Å²) in [4.78, 5) is 12.8. The van der Waals surface area contributed by atoms with Gasteiger partial charge in [0.15, 0.2) is 0 Å². The van der Waals surface area contributed by atoms with Crippen LogP contribution >= 0.6 is 12.2 Å². The Morgan fingerprint density at radius 1 is 1.70 bits per heavy atom. The van der Waals surface area contributed by atoms with Gasteiger partial charge in [-0.2, -0.15) is 0 Å². The van der Waals surface area contributed by atoms with Crippen LogP contribution in [0.1, 0.15) is 13.3 Å². The van der Waals surface area contributed by atoms with Gasteiger partial charge < -0.3 is 9.69 Å². The van der Waals surface area contributed by atoms with Gasteiger partial charge in [-0.05, 0) is 0 Å². The van der Waals surface area contributed by atoms with E-state index < -0.39 is 0 Å². The number of thiocarbonyl (C=S) groups is 1. The first-order valence-corrected chi connectivity index (χ1v) is 3.65. The van der Waals surface area contributed by atoms with Gasteiger partial charge in [-0.25, -0.2) is 0 Å². The van der Waals surface area contributed by atoms with E-state index in [4.69, 9.17) is 12.2 Å². The first-order chi connectivity index (χ1) is 4.59. The van der Waals surface area contributed by atoms with Crippen molar-refractivity contribution in [3.63, 3.8) is 0 Å². The van der Waals surface area contributed by atoms with Crippen molar-refractivity contribution >= 4 is 23.5 Å². The molecule has 0 fully saturated rings. The molecule has 0 aliphatic heterocycles. The van der Waals surface area contributed by atoms with Crippen LogP contribution < -0.4 is 0 Å². The Morgan fingerprint density at radius 3 is 2.50 bits per heavy atom. The van der Waals surface area contributed by atoms with E-state index in [0.717, 1.165) is 11.3 Å². The molecule has 0 radical (unpaired) electrons. The molecule has 0 aliphatic carbocycles. The van der Waals surface area contributed by atoms with Crippen LogP contribution in [0, 0.1) is 5.92 Å². The molecule has 1 atom stereocenters. The van der Waals surface area contributed by atoms with Gasteiger partial charge >= 0.3 is 0 Å². The fourth-order valence-electron chi connectivity index (χ4n) is 0.686. The topological polar surface area (TPSA) is 20.3 Å². The minimum Gasteiger partial charge on any atom is -0.372 e. The average molecular weight is 159 g/mol. The number of aldehydes is 1. The van der Waals surface area contributed by atoms with Crippen LogP contribution in [0.5, 0.6) is 0 Å². The molecule has 58 valence electrons. The highest BCUT2D eigenvalue weighted by Gasteiger charge is 2.08. The van der Waals surface area contributed by atoms with Crippen LogP contribution in [0.3, 0.4) is 0 Å². The first-order valence-electron chi connectivity index (χ1n) is 3.24. The maximum absolute atomic E-state index is 10.1. The Morgan fingerprint density at radius 2 is 2.20 bits per heavy atom. The summed E-state index contributed by atoms with van der Waals surface area (Å²) in [5.74, 6) is 0.197. The monoisotopic (exact) mass is 159 g/mol. The highest BCUT2D eigenvalue weighted by Crippen LogP contribution is 2.04. The van der Waals surface area contributed by atoms with Crippen molar-refractivity contribution in [3.05, 3.63) is 0 Å². The zero-order chi connectivity index (χ0) is 8.15. The molecule has 0 saturated heterocycles. The number of hydrogen-bond donors (Lipinski definition) is 0. The first kappa shape index (κ1) is 9.56. The Kier molecular flexibility index (Phi) is 4.19. The summed E-state index contributed by atoms with van der Waals surface area (Å²) >= 11 is 5.03. The molecular formula is C7H13NOS. The summed E-state index contributed by atoms with van der Waals surface area (Å²) in [6.45, 7) is 1.96.